The van der Waals surface area contributed by atoms with Gasteiger partial charge in [-0.15, -0.1) is 0 Å². The molecule has 1 fully saturated rings. The smallest absolute Gasteiger partial charge is 0.247 e. The summed E-state index contributed by atoms with van der Waals surface area (Å²) in [5.74, 6) is 0.158. The van der Waals surface area contributed by atoms with E-state index in [1.165, 1.54) is 0 Å². The summed E-state index contributed by atoms with van der Waals surface area (Å²) in [6.07, 6.45) is 3.76. The molecule has 0 unspecified atom stereocenters. The molecule has 3 nitrogen and oxygen atoms in total. The second kappa shape index (κ2) is 5.83. The maximum Gasteiger partial charge on any atom is 0.247 e. The van der Waals surface area contributed by atoms with Crippen molar-refractivity contribution < 1.29 is 4.79 Å². The SMILES string of the molecule is CCCC1(CCC)C(=O)NCN1c1ccc(Cl)cc1. The Morgan fingerprint density at radius 1 is 1.21 bits per heavy atom. The van der Waals surface area contributed by atoms with Gasteiger partial charge in [-0.05, 0) is 37.1 Å². The van der Waals surface area contributed by atoms with Gasteiger partial charge in [0.25, 0.3) is 0 Å². The molecule has 4 heteroatoms. The molecule has 0 atom stereocenters. The van der Waals surface area contributed by atoms with Gasteiger partial charge in [0, 0.05) is 10.7 Å². The van der Waals surface area contributed by atoms with Crippen LogP contribution >= 0.6 is 11.6 Å². The van der Waals surface area contributed by atoms with Crippen LogP contribution in [0.5, 0.6) is 0 Å². The fraction of sp³-hybridized carbons (Fsp3) is 0.533. The van der Waals surface area contributed by atoms with Crippen molar-refractivity contribution in [1.82, 2.24) is 5.32 Å². The van der Waals surface area contributed by atoms with Gasteiger partial charge < -0.3 is 10.2 Å². The Bertz CT molecular complexity index is 438. The molecule has 0 aromatic heterocycles. The molecule has 0 saturated carbocycles. The average molecular weight is 281 g/mol. The fourth-order valence-electron chi connectivity index (χ4n) is 3.00. The molecule has 2 rings (SSSR count). The first kappa shape index (κ1) is 14.2. The quantitative estimate of drug-likeness (QED) is 0.894. The highest BCUT2D eigenvalue weighted by Crippen LogP contribution is 2.35. The van der Waals surface area contributed by atoms with Crippen LogP contribution in [0.25, 0.3) is 0 Å². The van der Waals surface area contributed by atoms with Crippen molar-refractivity contribution >= 4 is 23.2 Å². The first-order valence-electron chi connectivity index (χ1n) is 6.95. The fourth-order valence-corrected chi connectivity index (χ4v) is 3.12. The Morgan fingerprint density at radius 2 is 1.79 bits per heavy atom. The number of benzene rings is 1. The van der Waals surface area contributed by atoms with Crippen LogP contribution < -0.4 is 10.2 Å². The van der Waals surface area contributed by atoms with E-state index in [1.54, 1.807) is 0 Å². The van der Waals surface area contributed by atoms with Gasteiger partial charge in [0.05, 0.1) is 6.67 Å². The zero-order valence-electron chi connectivity index (χ0n) is 11.6. The maximum atomic E-state index is 12.3. The molecule has 1 aliphatic heterocycles. The molecule has 1 aromatic carbocycles. The van der Waals surface area contributed by atoms with Crippen molar-refractivity contribution in [1.29, 1.82) is 0 Å². The minimum absolute atomic E-state index is 0.158. The molecule has 0 spiro atoms. The minimum atomic E-state index is -0.392. The summed E-state index contributed by atoms with van der Waals surface area (Å²) in [4.78, 5) is 14.5. The van der Waals surface area contributed by atoms with E-state index in [1.807, 2.05) is 24.3 Å². The molecule has 0 radical (unpaired) electrons. The van der Waals surface area contributed by atoms with E-state index in [4.69, 9.17) is 11.6 Å². The van der Waals surface area contributed by atoms with Gasteiger partial charge in [-0.3, -0.25) is 4.79 Å². The van der Waals surface area contributed by atoms with Crippen LogP contribution in [0.4, 0.5) is 5.69 Å². The number of nitrogens with one attached hydrogen (secondary N) is 1. The van der Waals surface area contributed by atoms with Gasteiger partial charge in [-0.1, -0.05) is 38.3 Å². The van der Waals surface area contributed by atoms with Crippen LogP contribution in [0, 0.1) is 0 Å². The number of hydrogen-bond acceptors (Lipinski definition) is 2. The second-order valence-corrected chi connectivity index (χ2v) is 5.54. The van der Waals surface area contributed by atoms with E-state index >= 15 is 0 Å². The second-order valence-electron chi connectivity index (χ2n) is 5.10. The summed E-state index contributed by atoms with van der Waals surface area (Å²) in [5.41, 5.74) is 0.668. The van der Waals surface area contributed by atoms with Gasteiger partial charge in [-0.25, -0.2) is 0 Å². The summed E-state index contributed by atoms with van der Waals surface area (Å²) in [7, 11) is 0. The molecule has 104 valence electrons. The molecule has 0 aliphatic carbocycles. The number of nitrogens with zero attached hydrogens (tertiary/aromatic N) is 1. The van der Waals surface area contributed by atoms with Crippen LogP contribution in [0.3, 0.4) is 0 Å². The summed E-state index contributed by atoms with van der Waals surface area (Å²) >= 11 is 5.94. The standard InChI is InChI=1S/C15H21ClN2O/c1-3-9-15(10-4-2)14(19)17-11-18(15)13-7-5-12(16)6-8-13/h5-8H,3-4,9-11H2,1-2H3,(H,17,19). The molecule has 1 saturated heterocycles. The molecule has 19 heavy (non-hydrogen) atoms. The normalized spacial score (nSPS) is 17.6. The lowest BCUT2D eigenvalue weighted by Crippen LogP contribution is -2.49. The van der Waals surface area contributed by atoms with Gasteiger partial charge in [0.2, 0.25) is 5.91 Å². The first-order chi connectivity index (χ1) is 9.14. The summed E-state index contributed by atoms with van der Waals surface area (Å²) in [6.45, 7) is 4.84. The van der Waals surface area contributed by atoms with E-state index in [9.17, 15) is 4.79 Å². The lowest BCUT2D eigenvalue weighted by atomic mass is 9.87. The van der Waals surface area contributed by atoms with Crippen molar-refractivity contribution in [3.05, 3.63) is 29.3 Å². The third kappa shape index (κ3) is 2.57. The van der Waals surface area contributed by atoms with E-state index < -0.39 is 5.54 Å². The topological polar surface area (TPSA) is 32.3 Å². The van der Waals surface area contributed by atoms with E-state index in [0.717, 1.165) is 36.4 Å². The number of carbonyl (C=O) groups excluding carboxylic acids is 1. The number of anilines is 1. The van der Waals surface area contributed by atoms with Crippen LogP contribution in [0.2, 0.25) is 5.02 Å². The first-order valence-corrected chi connectivity index (χ1v) is 7.33. The summed E-state index contributed by atoms with van der Waals surface area (Å²) in [5, 5.41) is 3.72. The van der Waals surface area contributed by atoms with Gasteiger partial charge in [0.1, 0.15) is 5.54 Å². The molecule has 0 bridgehead atoms. The Balaban J connectivity index is 2.36. The predicted octanol–water partition coefficient (Wildman–Crippen LogP) is 3.57. The summed E-state index contributed by atoms with van der Waals surface area (Å²) in [6, 6.07) is 7.73. The van der Waals surface area contributed by atoms with E-state index in [0.29, 0.717) is 6.67 Å². The zero-order valence-corrected chi connectivity index (χ0v) is 12.3. The number of amides is 1. The third-order valence-corrected chi connectivity index (χ3v) is 4.05. The molecule has 1 N–H and O–H groups in total. The molecule has 1 amide bonds. The highest BCUT2D eigenvalue weighted by Gasteiger charge is 2.47. The molecule has 1 heterocycles. The molecular weight excluding hydrogens is 260 g/mol. The Hall–Kier alpha value is -1.22. The van der Waals surface area contributed by atoms with E-state index in [2.05, 4.69) is 24.1 Å². The lowest BCUT2D eigenvalue weighted by Gasteiger charge is -2.37. The maximum absolute atomic E-state index is 12.3. The van der Waals surface area contributed by atoms with Gasteiger partial charge >= 0.3 is 0 Å². The Labute approximate surface area is 119 Å². The van der Waals surface area contributed by atoms with Crippen molar-refractivity contribution in [2.75, 3.05) is 11.6 Å². The Kier molecular flexibility index (Phi) is 4.35. The van der Waals surface area contributed by atoms with Crippen molar-refractivity contribution in [3.63, 3.8) is 0 Å². The highest BCUT2D eigenvalue weighted by molar-refractivity contribution is 6.30. The molecule has 1 aromatic rings. The number of hydrogen-bond donors (Lipinski definition) is 1. The Morgan fingerprint density at radius 3 is 2.32 bits per heavy atom. The van der Waals surface area contributed by atoms with Gasteiger partial charge in [0.15, 0.2) is 0 Å². The predicted molar refractivity (Wildman–Crippen MR) is 79.5 cm³/mol. The van der Waals surface area contributed by atoms with Crippen LogP contribution in [0.1, 0.15) is 39.5 Å². The molecule has 1 aliphatic rings. The minimum Gasteiger partial charge on any atom is -0.339 e. The van der Waals surface area contributed by atoms with E-state index in [-0.39, 0.29) is 5.91 Å². The molecular formula is C15H21ClN2O. The number of halogens is 1. The number of rotatable bonds is 5. The highest BCUT2D eigenvalue weighted by atomic mass is 35.5. The summed E-state index contributed by atoms with van der Waals surface area (Å²) < 4.78 is 0. The van der Waals surface area contributed by atoms with Crippen molar-refractivity contribution in [3.8, 4) is 0 Å². The van der Waals surface area contributed by atoms with Crippen molar-refractivity contribution in [2.24, 2.45) is 0 Å². The zero-order chi connectivity index (χ0) is 13.9. The third-order valence-electron chi connectivity index (χ3n) is 3.80. The largest absolute Gasteiger partial charge is 0.339 e. The lowest BCUT2D eigenvalue weighted by molar-refractivity contribution is -0.124. The van der Waals surface area contributed by atoms with Crippen LogP contribution in [0.15, 0.2) is 24.3 Å². The van der Waals surface area contributed by atoms with Crippen molar-refractivity contribution in [2.45, 2.75) is 45.1 Å². The van der Waals surface area contributed by atoms with Crippen LogP contribution in [-0.2, 0) is 4.79 Å². The number of carbonyl (C=O) groups is 1. The average Bonchev–Trinajstić information content (AvgIpc) is 2.70. The van der Waals surface area contributed by atoms with Gasteiger partial charge in [-0.2, -0.15) is 0 Å². The van der Waals surface area contributed by atoms with Crippen LogP contribution in [-0.4, -0.2) is 18.1 Å². The monoisotopic (exact) mass is 280 g/mol.